The molecule has 0 saturated carbocycles. The smallest absolute Gasteiger partial charge is 0.126 e. The van der Waals surface area contributed by atoms with Crippen molar-refractivity contribution in [2.24, 2.45) is 0 Å². The molecule has 0 amide bonds. The highest BCUT2D eigenvalue weighted by atomic mass is 16.5. The summed E-state index contributed by atoms with van der Waals surface area (Å²) in [7, 11) is 0. The van der Waals surface area contributed by atoms with E-state index in [1.54, 1.807) is 0 Å². The second-order valence-corrected chi connectivity index (χ2v) is 4.79. The molecule has 0 aliphatic carbocycles. The first-order chi connectivity index (χ1) is 8.42. The van der Waals surface area contributed by atoms with Crippen molar-refractivity contribution in [3.63, 3.8) is 0 Å². The van der Waals surface area contributed by atoms with Crippen LogP contribution < -0.4 is 10.6 Å². The molecule has 0 bridgehead atoms. The molecule has 92 valence electrons. The number of piperidine rings is 1. The lowest BCUT2D eigenvalue weighted by atomic mass is 10.1. The maximum Gasteiger partial charge on any atom is 0.126 e. The van der Waals surface area contributed by atoms with Crippen LogP contribution in [0.15, 0.2) is 12.1 Å². The molecule has 4 heteroatoms. The number of pyridine rings is 1. The zero-order chi connectivity index (χ0) is 11.5. The topological polar surface area (TPSA) is 46.2 Å². The lowest BCUT2D eigenvalue weighted by Gasteiger charge is -2.25. The van der Waals surface area contributed by atoms with Gasteiger partial charge in [0.25, 0.3) is 0 Å². The van der Waals surface area contributed by atoms with Gasteiger partial charge in [0, 0.05) is 12.6 Å². The number of fused-ring (bicyclic) bond motifs is 1. The summed E-state index contributed by atoms with van der Waals surface area (Å²) in [6.45, 7) is 3.67. The van der Waals surface area contributed by atoms with Crippen LogP contribution in [0.1, 0.15) is 24.1 Å². The van der Waals surface area contributed by atoms with Crippen molar-refractivity contribution in [1.82, 2.24) is 10.3 Å². The Bertz CT molecular complexity index is 388. The Kier molecular flexibility index (Phi) is 3.25. The maximum absolute atomic E-state index is 5.44. The highest BCUT2D eigenvalue weighted by Crippen LogP contribution is 2.18. The molecule has 17 heavy (non-hydrogen) atoms. The molecule has 1 aromatic rings. The molecular weight excluding hydrogens is 214 g/mol. The molecule has 3 rings (SSSR count). The molecule has 2 N–H and O–H groups in total. The number of nitrogens with zero attached hydrogens (tertiary/aromatic N) is 1. The van der Waals surface area contributed by atoms with Crippen molar-refractivity contribution in [2.45, 2.75) is 31.9 Å². The molecule has 1 fully saturated rings. The summed E-state index contributed by atoms with van der Waals surface area (Å²) in [4.78, 5) is 4.64. The van der Waals surface area contributed by atoms with E-state index < -0.39 is 0 Å². The van der Waals surface area contributed by atoms with E-state index >= 15 is 0 Å². The highest BCUT2D eigenvalue weighted by Gasteiger charge is 2.15. The van der Waals surface area contributed by atoms with Crippen LogP contribution in [0.3, 0.4) is 0 Å². The van der Waals surface area contributed by atoms with Gasteiger partial charge in [0.1, 0.15) is 5.82 Å². The Morgan fingerprint density at radius 2 is 2.41 bits per heavy atom. The molecule has 1 unspecified atom stereocenters. The van der Waals surface area contributed by atoms with Crippen LogP contribution in [0.25, 0.3) is 0 Å². The summed E-state index contributed by atoms with van der Waals surface area (Å²) >= 11 is 0. The first-order valence-corrected chi connectivity index (χ1v) is 6.45. The Morgan fingerprint density at radius 1 is 1.41 bits per heavy atom. The average molecular weight is 233 g/mol. The molecule has 2 aliphatic heterocycles. The fourth-order valence-electron chi connectivity index (χ4n) is 2.50. The molecule has 0 aromatic carbocycles. The second-order valence-electron chi connectivity index (χ2n) is 4.79. The molecular formula is C13H19N3O. The largest absolute Gasteiger partial charge is 0.375 e. The van der Waals surface area contributed by atoms with E-state index in [0.29, 0.717) is 12.6 Å². The number of rotatable bonds is 2. The number of hydrogen-bond acceptors (Lipinski definition) is 4. The third-order valence-corrected chi connectivity index (χ3v) is 3.47. The summed E-state index contributed by atoms with van der Waals surface area (Å²) in [5.41, 5.74) is 2.44. The van der Waals surface area contributed by atoms with Gasteiger partial charge in [0.2, 0.25) is 0 Å². The van der Waals surface area contributed by atoms with Crippen LogP contribution in [0.5, 0.6) is 0 Å². The van der Waals surface area contributed by atoms with E-state index in [9.17, 15) is 0 Å². The van der Waals surface area contributed by atoms with Gasteiger partial charge in [-0.05, 0) is 37.4 Å². The van der Waals surface area contributed by atoms with E-state index in [4.69, 9.17) is 4.74 Å². The number of aromatic nitrogens is 1. The minimum absolute atomic E-state index is 0.513. The van der Waals surface area contributed by atoms with Gasteiger partial charge < -0.3 is 15.4 Å². The predicted octanol–water partition coefficient (Wildman–Crippen LogP) is 1.32. The van der Waals surface area contributed by atoms with Crippen LogP contribution in [-0.4, -0.2) is 30.7 Å². The van der Waals surface area contributed by atoms with Crippen molar-refractivity contribution < 1.29 is 4.74 Å². The van der Waals surface area contributed by atoms with E-state index in [1.807, 2.05) is 0 Å². The van der Waals surface area contributed by atoms with Gasteiger partial charge in [0.15, 0.2) is 0 Å². The molecule has 1 atom stereocenters. The third-order valence-electron chi connectivity index (χ3n) is 3.47. The summed E-state index contributed by atoms with van der Waals surface area (Å²) in [6, 6.07) is 4.79. The van der Waals surface area contributed by atoms with E-state index in [-0.39, 0.29) is 0 Å². The standard InChI is InChI=1S/C13H19N3O/c1-2-11(8-14-6-1)15-13-4-3-10-5-7-17-9-12(10)16-13/h3-4,11,14H,1-2,5-9H2,(H,15,16). The minimum Gasteiger partial charge on any atom is -0.375 e. The normalized spacial score (nSPS) is 24.1. The van der Waals surface area contributed by atoms with Crippen molar-refractivity contribution in [2.75, 3.05) is 25.0 Å². The quantitative estimate of drug-likeness (QED) is 0.808. The molecule has 1 aromatic heterocycles. The summed E-state index contributed by atoms with van der Waals surface area (Å²) in [5.74, 6) is 0.989. The molecule has 3 heterocycles. The first-order valence-electron chi connectivity index (χ1n) is 6.45. The fraction of sp³-hybridized carbons (Fsp3) is 0.615. The van der Waals surface area contributed by atoms with Crippen LogP contribution in [0, 0.1) is 0 Å². The minimum atomic E-state index is 0.513. The summed E-state index contributed by atoms with van der Waals surface area (Å²) in [6.07, 6.45) is 3.46. The van der Waals surface area contributed by atoms with Crippen molar-refractivity contribution in [3.05, 3.63) is 23.4 Å². The molecule has 1 saturated heterocycles. The molecule has 0 radical (unpaired) electrons. The Hall–Kier alpha value is -1.13. The Labute approximate surface area is 102 Å². The van der Waals surface area contributed by atoms with Gasteiger partial charge >= 0.3 is 0 Å². The van der Waals surface area contributed by atoms with Gasteiger partial charge in [-0.1, -0.05) is 6.07 Å². The van der Waals surface area contributed by atoms with Gasteiger partial charge in [-0.2, -0.15) is 0 Å². The van der Waals surface area contributed by atoms with Crippen LogP contribution in [0.4, 0.5) is 5.82 Å². The average Bonchev–Trinajstić information content (AvgIpc) is 2.40. The lowest BCUT2D eigenvalue weighted by molar-refractivity contribution is 0.107. The van der Waals surface area contributed by atoms with Crippen molar-refractivity contribution in [3.8, 4) is 0 Å². The Balaban J connectivity index is 1.70. The molecule has 2 aliphatic rings. The number of nitrogens with one attached hydrogen (secondary N) is 2. The van der Waals surface area contributed by atoms with Gasteiger partial charge in [-0.15, -0.1) is 0 Å². The van der Waals surface area contributed by atoms with E-state index in [1.165, 1.54) is 18.4 Å². The van der Waals surface area contributed by atoms with Gasteiger partial charge in [-0.25, -0.2) is 4.98 Å². The van der Waals surface area contributed by atoms with Crippen LogP contribution in [0.2, 0.25) is 0 Å². The Morgan fingerprint density at radius 3 is 3.29 bits per heavy atom. The number of anilines is 1. The SMILES string of the molecule is c1cc2c(nc1NC1CCCNC1)COCC2. The number of ether oxygens (including phenoxy) is 1. The third kappa shape index (κ3) is 2.58. The lowest BCUT2D eigenvalue weighted by Crippen LogP contribution is -2.38. The maximum atomic E-state index is 5.44. The van der Waals surface area contributed by atoms with Gasteiger partial charge in [-0.3, -0.25) is 0 Å². The second kappa shape index (κ2) is 5.02. The summed E-state index contributed by atoms with van der Waals surface area (Å²) < 4.78 is 5.44. The zero-order valence-electron chi connectivity index (χ0n) is 10.0. The molecule has 4 nitrogen and oxygen atoms in total. The first kappa shape index (κ1) is 11.0. The molecule has 0 spiro atoms. The monoisotopic (exact) mass is 233 g/mol. The van der Waals surface area contributed by atoms with Crippen molar-refractivity contribution >= 4 is 5.82 Å². The van der Waals surface area contributed by atoms with E-state index in [0.717, 1.165) is 37.6 Å². The van der Waals surface area contributed by atoms with Crippen LogP contribution >= 0.6 is 0 Å². The van der Waals surface area contributed by atoms with Crippen LogP contribution in [-0.2, 0) is 17.8 Å². The van der Waals surface area contributed by atoms with Gasteiger partial charge in [0.05, 0.1) is 18.9 Å². The zero-order valence-corrected chi connectivity index (χ0v) is 10.0. The number of hydrogen-bond donors (Lipinski definition) is 2. The summed E-state index contributed by atoms with van der Waals surface area (Å²) in [5, 5.41) is 6.90. The van der Waals surface area contributed by atoms with E-state index in [2.05, 4.69) is 27.8 Å². The fourth-order valence-corrected chi connectivity index (χ4v) is 2.50. The predicted molar refractivity (Wildman–Crippen MR) is 67.1 cm³/mol. The highest BCUT2D eigenvalue weighted by molar-refractivity contribution is 5.40. The van der Waals surface area contributed by atoms with Crippen molar-refractivity contribution in [1.29, 1.82) is 0 Å².